The molecule has 0 aliphatic rings. The minimum absolute atomic E-state index is 0.0318. The number of para-hydroxylation sites is 1. The van der Waals surface area contributed by atoms with Crippen molar-refractivity contribution < 1.29 is 19.2 Å². The minimum atomic E-state index is -0.453. The lowest BCUT2D eigenvalue weighted by Gasteiger charge is -2.08. The smallest absolute Gasteiger partial charge is 0.269 e. The average molecular weight is 513 g/mol. The van der Waals surface area contributed by atoms with E-state index in [1.807, 2.05) is 0 Å². The Morgan fingerprint density at radius 1 is 1.03 bits per heavy atom. The summed E-state index contributed by atoms with van der Waals surface area (Å²) in [6.45, 7) is -0.174. The Morgan fingerprint density at radius 3 is 2.43 bits per heavy atom. The van der Waals surface area contributed by atoms with Crippen LogP contribution in [0.4, 0.5) is 11.4 Å². The molecule has 0 unspecified atom stereocenters. The first-order valence-electron chi connectivity index (χ1n) is 10.3. The number of carbonyl (C=O) groups is 2. The Hall–Kier alpha value is -3.89. The molecule has 2 amide bonds. The third-order valence-corrected chi connectivity index (χ3v) is 5.78. The Bertz CT molecular complexity index is 1200. The van der Waals surface area contributed by atoms with Crippen molar-refractivity contribution >= 4 is 52.8 Å². The molecule has 180 valence electrons. The SMILES string of the molecule is O=C(CSCc1ccc([N+](=O)[O-])cc1)N/N=C\c1ccc(OCC(=O)Nc2ccccc2Cl)cc1. The molecule has 0 spiro atoms. The van der Waals surface area contributed by atoms with Crippen molar-refractivity contribution in [2.75, 3.05) is 17.7 Å². The number of nitro groups is 1. The summed E-state index contributed by atoms with van der Waals surface area (Å²) in [7, 11) is 0. The predicted molar refractivity (Wildman–Crippen MR) is 137 cm³/mol. The zero-order chi connectivity index (χ0) is 25.0. The van der Waals surface area contributed by atoms with Crippen molar-refractivity contribution in [1.82, 2.24) is 5.43 Å². The molecule has 0 radical (unpaired) electrons. The molecule has 0 aliphatic carbocycles. The second kappa shape index (κ2) is 13.1. The van der Waals surface area contributed by atoms with Crippen LogP contribution in [0.15, 0.2) is 77.9 Å². The number of benzene rings is 3. The van der Waals surface area contributed by atoms with Crippen LogP contribution in [0.25, 0.3) is 0 Å². The van der Waals surface area contributed by atoms with Gasteiger partial charge in [0.25, 0.3) is 11.6 Å². The first-order valence-corrected chi connectivity index (χ1v) is 11.8. The Balaban J connectivity index is 1.35. The summed E-state index contributed by atoms with van der Waals surface area (Å²) >= 11 is 7.39. The number of hydrogen-bond donors (Lipinski definition) is 2. The molecule has 11 heteroatoms. The lowest BCUT2D eigenvalue weighted by atomic mass is 10.2. The van der Waals surface area contributed by atoms with Crippen LogP contribution in [0.1, 0.15) is 11.1 Å². The molecule has 0 heterocycles. The summed E-state index contributed by atoms with van der Waals surface area (Å²) in [6.07, 6.45) is 1.49. The zero-order valence-electron chi connectivity index (χ0n) is 18.3. The van der Waals surface area contributed by atoms with E-state index < -0.39 is 4.92 Å². The summed E-state index contributed by atoms with van der Waals surface area (Å²) in [4.78, 5) is 34.2. The number of anilines is 1. The normalized spacial score (nSPS) is 10.7. The second-order valence-electron chi connectivity index (χ2n) is 7.10. The molecule has 0 aliphatic heterocycles. The van der Waals surface area contributed by atoms with Gasteiger partial charge in [0.15, 0.2) is 6.61 Å². The number of halogens is 1. The van der Waals surface area contributed by atoms with Crippen molar-refractivity contribution in [3.63, 3.8) is 0 Å². The van der Waals surface area contributed by atoms with E-state index >= 15 is 0 Å². The summed E-state index contributed by atoms with van der Waals surface area (Å²) in [5, 5.41) is 17.7. The first kappa shape index (κ1) is 25.7. The molecular weight excluding hydrogens is 492 g/mol. The summed E-state index contributed by atoms with van der Waals surface area (Å²) in [5.74, 6) is 0.642. The van der Waals surface area contributed by atoms with Gasteiger partial charge >= 0.3 is 0 Å². The number of thioether (sulfide) groups is 1. The summed E-state index contributed by atoms with van der Waals surface area (Å²) < 4.78 is 5.47. The third-order valence-electron chi connectivity index (χ3n) is 4.45. The van der Waals surface area contributed by atoms with Crippen molar-refractivity contribution in [2.24, 2.45) is 5.10 Å². The van der Waals surface area contributed by atoms with Gasteiger partial charge in [-0.05, 0) is 47.5 Å². The fraction of sp³-hybridized carbons (Fsp3) is 0.125. The van der Waals surface area contributed by atoms with Crippen LogP contribution in [-0.2, 0) is 15.3 Å². The molecule has 0 fully saturated rings. The van der Waals surface area contributed by atoms with E-state index in [-0.39, 0.29) is 29.9 Å². The molecule has 3 aromatic carbocycles. The average Bonchev–Trinajstić information content (AvgIpc) is 2.85. The molecule has 2 N–H and O–H groups in total. The highest BCUT2D eigenvalue weighted by atomic mass is 35.5. The van der Waals surface area contributed by atoms with Crippen molar-refractivity contribution in [3.8, 4) is 5.75 Å². The number of nitrogens with zero attached hydrogens (tertiary/aromatic N) is 2. The largest absolute Gasteiger partial charge is 0.484 e. The van der Waals surface area contributed by atoms with E-state index in [0.717, 1.165) is 11.1 Å². The Morgan fingerprint density at radius 2 is 1.74 bits per heavy atom. The van der Waals surface area contributed by atoms with E-state index in [1.165, 1.54) is 30.1 Å². The van der Waals surface area contributed by atoms with Crippen LogP contribution in [-0.4, -0.2) is 35.3 Å². The van der Waals surface area contributed by atoms with Crippen LogP contribution in [0, 0.1) is 10.1 Å². The maximum Gasteiger partial charge on any atom is 0.269 e. The van der Waals surface area contributed by atoms with Crippen LogP contribution in [0.5, 0.6) is 5.75 Å². The van der Waals surface area contributed by atoms with Gasteiger partial charge in [-0.2, -0.15) is 5.10 Å². The number of carbonyl (C=O) groups excluding carboxylic acids is 2. The lowest BCUT2D eigenvalue weighted by molar-refractivity contribution is -0.384. The highest BCUT2D eigenvalue weighted by molar-refractivity contribution is 7.99. The van der Waals surface area contributed by atoms with Gasteiger partial charge in [0.05, 0.1) is 27.6 Å². The number of hydrogen-bond acceptors (Lipinski definition) is 7. The van der Waals surface area contributed by atoms with Gasteiger partial charge in [0.2, 0.25) is 5.91 Å². The maximum atomic E-state index is 12.0. The zero-order valence-corrected chi connectivity index (χ0v) is 19.9. The number of ether oxygens (including phenoxy) is 1. The fourth-order valence-corrected chi connectivity index (χ4v) is 3.70. The van der Waals surface area contributed by atoms with E-state index in [0.29, 0.717) is 22.2 Å². The molecule has 0 bridgehead atoms. The van der Waals surface area contributed by atoms with Crippen molar-refractivity contribution in [3.05, 3.63) is 99.1 Å². The maximum absolute atomic E-state index is 12.0. The molecule has 3 rings (SSSR count). The molecule has 0 aromatic heterocycles. The van der Waals surface area contributed by atoms with Gasteiger partial charge in [-0.1, -0.05) is 35.9 Å². The number of rotatable bonds is 11. The number of nitro benzene ring substituents is 1. The van der Waals surface area contributed by atoms with Gasteiger partial charge in [-0.15, -0.1) is 11.8 Å². The molecule has 0 saturated carbocycles. The standard InChI is InChI=1S/C24H21ClN4O5S/c25-21-3-1-2-4-22(21)27-23(30)14-34-20-11-7-17(8-12-20)13-26-28-24(31)16-35-15-18-5-9-19(10-6-18)29(32)33/h1-13H,14-16H2,(H,27,30)(H,28,31)/b26-13-. The summed E-state index contributed by atoms with van der Waals surface area (Å²) in [5.41, 5.74) is 4.62. The highest BCUT2D eigenvalue weighted by Gasteiger charge is 2.07. The third kappa shape index (κ3) is 8.76. The fourth-order valence-electron chi connectivity index (χ4n) is 2.73. The van der Waals surface area contributed by atoms with Gasteiger partial charge in [-0.25, -0.2) is 5.43 Å². The van der Waals surface area contributed by atoms with Gasteiger partial charge in [-0.3, -0.25) is 19.7 Å². The molecule has 9 nitrogen and oxygen atoms in total. The van der Waals surface area contributed by atoms with Gasteiger partial charge in [0, 0.05) is 17.9 Å². The number of non-ortho nitro benzene ring substituents is 1. The van der Waals surface area contributed by atoms with Crippen LogP contribution < -0.4 is 15.5 Å². The van der Waals surface area contributed by atoms with Crippen LogP contribution in [0.3, 0.4) is 0 Å². The number of nitrogens with one attached hydrogen (secondary N) is 2. The van der Waals surface area contributed by atoms with Crippen molar-refractivity contribution in [1.29, 1.82) is 0 Å². The van der Waals surface area contributed by atoms with Crippen LogP contribution >= 0.6 is 23.4 Å². The Kier molecular flexibility index (Phi) is 9.64. The molecule has 35 heavy (non-hydrogen) atoms. The number of amides is 2. The molecule has 3 aromatic rings. The lowest BCUT2D eigenvalue weighted by Crippen LogP contribution is -2.20. The van der Waals surface area contributed by atoms with Crippen molar-refractivity contribution in [2.45, 2.75) is 5.75 Å². The highest BCUT2D eigenvalue weighted by Crippen LogP contribution is 2.20. The van der Waals surface area contributed by atoms with Gasteiger partial charge in [0.1, 0.15) is 5.75 Å². The second-order valence-corrected chi connectivity index (χ2v) is 8.49. The Labute approximate surface area is 210 Å². The van der Waals surface area contributed by atoms with E-state index in [4.69, 9.17) is 16.3 Å². The topological polar surface area (TPSA) is 123 Å². The van der Waals surface area contributed by atoms with Gasteiger partial charge < -0.3 is 10.1 Å². The van der Waals surface area contributed by atoms with Crippen LogP contribution in [0.2, 0.25) is 5.02 Å². The molecule has 0 saturated heterocycles. The number of hydrazone groups is 1. The monoisotopic (exact) mass is 512 g/mol. The minimum Gasteiger partial charge on any atom is -0.484 e. The van der Waals surface area contributed by atoms with E-state index in [2.05, 4.69) is 15.8 Å². The summed E-state index contributed by atoms with van der Waals surface area (Å²) in [6, 6.07) is 20.0. The van der Waals surface area contributed by atoms with E-state index in [1.54, 1.807) is 60.7 Å². The van der Waals surface area contributed by atoms with E-state index in [9.17, 15) is 19.7 Å². The molecular formula is C24H21ClN4O5S. The predicted octanol–water partition coefficient (Wildman–Crippen LogP) is 4.65. The first-order chi connectivity index (χ1) is 16.9. The quantitative estimate of drug-likeness (QED) is 0.219. The molecule has 0 atom stereocenters.